The van der Waals surface area contributed by atoms with Gasteiger partial charge in [-0.1, -0.05) is 42.0 Å². The molecule has 0 atom stereocenters. The lowest BCUT2D eigenvalue weighted by molar-refractivity contribution is 0.0950. The van der Waals surface area contributed by atoms with Crippen molar-refractivity contribution in [2.24, 2.45) is 0 Å². The number of pyridine rings is 1. The number of nitrogens with zero attached hydrogens (tertiary/aromatic N) is 1. The number of carbonyl (C=O) groups is 2. The average molecular weight is 373 g/mol. The minimum absolute atomic E-state index is 0.268. The van der Waals surface area contributed by atoms with E-state index in [2.05, 4.69) is 15.6 Å². The lowest BCUT2D eigenvalue weighted by Crippen LogP contribution is -2.23. The predicted octanol–water partition coefficient (Wildman–Crippen LogP) is 4.19. The van der Waals surface area contributed by atoms with Gasteiger partial charge in [-0.3, -0.25) is 14.6 Å². The molecule has 2 N–H and O–H groups in total. The van der Waals surface area contributed by atoms with Gasteiger partial charge in [-0.15, -0.1) is 0 Å². The van der Waals surface area contributed by atoms with Gasteiger partial charge in [0.1, 0.15) is 0 Å². The second-order valence-corrected chi connectivity index (χ2v) is 6.91. The number of rotatable bonds is 5. The number of carbonyl (C=O) groups excluding carboxylic acids is 2. The molecule has 5 nitrogen and oxygen atoms in total. The van der Waals surface area contributed by atoms with Crippen LogP contribution >= 0.6 is 0 Å². The first-order chi connectivity index (χ1) is 13.4. The largest absolute Gasteiger partial charge is 0.348 e. The maximum Gasteiger partial charge on any atom is 0.257 e. The van der Waals surface area contributed by atoms with Crippen LogP contribution in [0.5, 0.6) is 0 Å². The Labute approximate surface area is 164 Å². The van der Waals surface area contributed by atoms with Crippen molar-refractivity contribution in [1.29, 1.82) is 0 Å². The van der Waals surface area contributed by atoms with E-state index in [1.807, 2.05) is 63.2 Å². The topological polar surface area (TPSA) is 71.1 Å². The van der Waals surface area contributed by atoms with Crippen molar-refractivity contribution >= 4 is 17.5 Å². The van der Waals surface area contributed by atoms with Crippen molar-refractivity contribution in [3.05, 3.63) is 94.3 Å². The van der Waals surface area contributed by atoms with Crippen LogP contribution in [-0.2, 0) is 6.54 Å². The summed E-state index contributed by atoms with van der Waals surface area (Å²) in [6.45, 7) is 6.32. The Hall–Kier alpha value is -3.47. The predicted molar refractivity (Wildman–Crippen MR) is 110 cm³/mol. The fraction of sp³-hybridized carbons (Fsp3) is 0.174. The third-order valence-electron chi connectivity index (χ3n) is 4.44. The zero-order valence-electron chi connectivity index (χ0n) is 16.2. The van der Waals surface area contributed by atoms with E-state index in [9.17, 15) is 9.59 Å². The van der Waals surface area contributed by atoms with E-state index in [1.54, 1.807) is 6.07 Å². The summed E-state index contributed by atoms with van der Waals surface area (Å²) in [4.78, 5) is 29.1. The minimum Gasteiger partial charge on any atom is -0.348 e. The summed E-state index contributed by atoms with van der Waals surface area (Å²) >= 11 is 0. The third-order valence-corrected chi connectivity index (χ3v) is 4.44. The van der Waals surface area contributed by atoms with Crippen molar-refractivity contribution in [2.75, 3.05) is 5.32 Å². The highest BCUT2D eigenvalue weighted by Gasteiger charge is 2.12. The standard InChI is InChI=1S/C23H23N3O2/c1-15-5-4-6-18(9-15)12-25-22(27)19-11-20(14-24-13-19)23(28)26-21-10-16(2)7-8-17(21)3/h4-11,13-14H,12H2,1-3H3,(H,25,27)(H,26,28). The van der Waals surface area contributed by atoms with E-state index >= 15 is 0 Å². The highest BCUT2D eigenvalue weighted by Crippen LogP contribution is 2.17. The van der Waals surface area contributed by atoms with Gasteiger partial charge in [-0.25, -0.2) is 0 Å². The molecule has 0 bridgehead atoms. The van der Waals surface area contributed by atoms with E-state index in [-0.39, 0.29) is 11.8 Å². The first-order valence-corrected chi connectivity index (χ1v) is 9.10. The molecule has 3 aromatic rings. The first kappa shape index (κ1) is 19.3. The molecule has 3 rings (SSSR count). The molecule has 0 saturated heterocycles. The molecule has 1 heterocycles. The monoisotopic (exact) mass is 373 g/mol. The number of hydrogen-bond donors (Lipinski definition) is 2. The van der Waals surface area contributed by atoms with Crippen LogP contribution in [0.2, 0.25) is 0 Å². The molecule has 0 fully saturated rings. The van der Waals surface area contributed by atoms with E-state index in [4.69, 9.17) is 0 Å². The molecule has 0 spiro atoms. The third kappa shape index (κ3) is 4.82. The van der Waals surface area contributed by atoms with Gasteiger partial charge in [0.15, 0.2) is 0 Å². The van der Waals surface area contributed by atoms with Crippen LogP contribution in [0.3, 0.4) is 0 Å². The second kappa shape index (κ2) is 8.48. The maximum atomic E-state index is 12.6. The Kier molecular flexibility index (Phi) is 5.84. The van der Waals surface area contributed by atoms with Gasteiger partial charge in [-0.05, 0) is 49.6 Å². The van der Waals surface area contributed by atoms with Gasteiger partial charge in [0.05, 0.1) is 11.1 Å². The van der Waals surface area contributed by atoms with Crippen LogP contribution in [0.15, 0.2) is 60.9 Å². The summed E-state index contributed by atoms with van der Waals surface area (Å²) in [5.74, 6) is -0.565. The number of aromatic nitrogens is 1. The normalized spacial score (nSPS) is 10.4. The van der Waals surface area contributed by atoms with Gasteiger partial charge >= 0.3 is 0 Å². The Balaban J connectivity index is 1.69. The van der Waals surface area contributed by atoms with Crippen molar-refractivity contribution in [3.8, 4) is 0 Å². The van der Waals surface area contributed by atoms with Crippen LogP contribution < -0.4 is 10.6 Å². The molecule has 0 unspecified atom stereocenters. The molecule has 28 heavy (non-hydrogen) atoms. The van der Waals surface area contributed by atoms with Gasteiger partial charge in [0.2, 0.25) is 0 Å². The number of amides is 2. The Morgan fingerprint density at radius 1 is 0.857 bits per heavy atom. The quantitative estimate of drug-likeness (QED) is 0.704. The Morgan fingerprint density at radius 3 is 2.32 bits per heavy atom. The molecular formula is C23H23N3O2. The zero-order valence-corrected chi connectivity index (χ0v) is 16.2. The van der Waals surface area contributed by atoms with Crippen LogP contribution in [0, 0.1) is 20.8 Å². The Bertz CT molecular complexity index is 1030. The van der Waals surface area contributed by atoms with E-state index in [0.717, 1.165) is 27.9 Å². The molecule has 0 radical (unpaired) electrons. The van der Waals surface area contributed by atoms with Gasteiger partial charge < -0.3 is 10.6 Å². The van der Waals surface area contributed by atoms with Crippen molar-refractivity contribution in [1.82, 2.24) is 10.3 Å². The minimum atomic E-state index is -0.297. The lowest BCUT2D eigenvalue weighted by Gasteiger charge is -2.10. The molecule has 0 aliphatic carbocycles. The summed E-state index contributed by atoms with van der Waals surface area (Å²) in [6, 6.07) is 15.4. The maximum absolute atomic E-state index is 12.6. The van der Waals surface area contributed by atoms with E-state index < -0.39 is 0 Å². The summed E-state index contributed by atoms with van der Waals surface area (Å²) in [5.41, 5.74) is 5.62. The van der Waals surface area contributed by atoms with Crippen LogP contribution in [0.25, 0.3) is 0 Å². The molecule has 0 saturated carbocycles. The first-order valence-electron chi connectivity index (χ1n) is 9.10. The fourth-order valence-electron chi connectivity index (χ4n) is 2.86. The van der Waals surface area contributed by atoms with Gasteiger partial charge in [-0.2, -0.15) is 0 Å². The van der Waals surface area contributed by atoms with Crippen LogP contribution in [-0.4, -0.2) is 16.8 Å². The van der Waals surface area contributed by atoms with E-state index in [1.165, 1.54) is 12.4 Å². The molecular weight excluding hydrogens is 350 g/mol. The SMILES string of the molecule is Cc1cccc(CNC(=O)c2cncc(C(=O)Nc3cc(C)ccc3C)c2)c1. The lowest BCUT2D eigenvalue weighted by atomic mass is 10.1. The summed E-state index contributed by atoms with van der Waals surface area (Å²) in [5, 5.41) is 5.75. The van der Waals surface area contributed by atoms with Crippen LogP contribution in [0.4, 0.5) is 5.69 Å². The number of nitrogens with one attached hydrogen (secondary N) is 2. The van der Waals surface area contributed by atoms with Gasteiger partial charge in [0.25, 0.3) is 11.8 Å². The molecule has 142 valence electrons. The summed E-state index contributed by atoms with van der Waals surface area (Å²) < 4.78 is 0. The average Bonchev–Trinajstić information content (AvgIpc) is 2.69. The number of anilines is 1. The molecule has 1 aromatic heterocycles. The number of hydrogen-bond acceptors (Lipinski definition) is 3. The summed E-state index contributed by atoms with van der Waals surface area (Å²) in [6.07, 6.45) is 2.91. The number of aryl methyl sites for hydroxylation is 3. The van der Waals surface area contributed by atoms with Gasteiger partial charge in [0, 0.05) is 24.6 Å². The molecule has 2 aromatic carbocycles. The molecule has 0 aliphatic rings. The van der Waals surface area contributed by atoms with E-state index in [0.29, 0.717) is 17.7 Å². The van der Waals surface area contributed by atoms with Crippen LogP contribution in [0.1, 0.15) is 43.0 Å². The van der Waals surface area contributed by atoms with Crippen molar-refractivity contribution in [3.63, 3.8) is 0 Å². The Morgan fingerprint density at radius 2 is 1.57 bits per heavy atom. The smallest absolute Gasteiger partial charge is 0.257 e. The number of benzene rings is 2. The highest BCUT2D eigenvalue weighted by atomic mass is 16.2. The van der Waals surface area contributed by atoms with Crippen molar-refractivity contribution in [2.45, 2.75) is 27.3 Å². The molecule has 0 aliphatic heterocycles. The second-order valence-electron chi connectivity index (χ2n) is 6.91. The highest BCUT2D eigenvalue weighted by molar-refractivity contribution is 6.06. The molecule has 5 heteroatoms. The summed E-state index contributed by atoms with van der Waals surface area (Å²) in [7, 11) is 0. The zero-order chi connectivity index (χ0) is 20.1. The molecule has 2 amide bonds. The van der Waals surface area contributed by atoms with Crippen molar-refractivity contribution < 1.29 is 9.59 Å². The fourth-order valence-corrected chi connectivity index (χ4v) is 2.86.